The molecule has 0 saturated carbocycles. The molecule has 3 rings (SSSR count). The van der Waals surface area contributed by atoms with Crippen LogP contribution in [-0.2, 0) is 11.0 Å². The minimum absolute atomic E-state index is 0.104. The summed E-state index contributed by atoms with van der Waals surface area (Å²) in [6, 6.07) is 11.4. The van der Waals surface area contributed by atoms with Gasteiger partial charge in [-0.05, 0) is 54.1 Å². The monoisotopic (exact) mass is 444 g/mol. The van der Waals surface area contributed by atoms with Gasteiger partial charge in [0.05, 0.1) is 15.6 Å². The summed E-state index contributed by atoms with van der Waals surface area (Å²) in [5.41, 5.74) is -0.979. The third kappa shape index (κ3) is 4.86. The van der Waals surface area contributed by atoms with Crippen molar-refractivity contribution in [2.75, 3.05) is 0 Å². The molecule has 4 nitrogen and oxygen atoms in total. The molecule has 0 fully saturated rings. The molecule has 0 radical (unpaired) electrons. The summed E-state index contributed by atoms with van der Waals surface area (Å²) >= 11 is 11.9. The standard InChI is InChI=1S/C20H13Cl2F3O4/c1-10(19(26)27)28-14-4-2-11-3-5-15(7-12(11)6-14)29-18-16(21)8-13(9-17(18)22)20(23,24)25/h2-10H,1H3,(H,26,27)/t10-/m1/s1. The molecule has 1 N–H and O–H groups in total. The Balaban J connectivity index is 1.91. The van der Waals surface area contributed by atoms with E-state index in [2.05, 4.69) is 0 Å². The lowest BCUT2D eigenvalue weighted by atomic mass is 10.1. The Morgan fingerprint density at radius 1 is 0.966 bits per heavy atom. The third-order valence-corrected chi connectivity index (χ3v) is 4.55. The van der Waals surface area contributed by atoms with E-state index in [0.717, 1.165) is 17.5 Å². The van der Waals surface area contributed by atoms with Gasteiger partial charge in [0, 0.05) is 0 Å². The minimum Gasteiger partial charge on any atom is -0.479 e. The maximum absolute atomic E-state index is 12.9. The summed E-state index contributed by atoms with van der Waals surface area (Å²) in [6.45, 7) is 1.40. The lowest BCUT2D eigenvalue weighted by Gasteiger charge is -2.14. The summed E-state index contributed by atoms with van der Waals surface area (Å²) in [5, 5.41) is 9.87. The van der Waals surface area contributed by atoms with Crippen LogP contribution in [0.4, 0.5) is 13.2 Å². The zero-order chi connectivity index (χ0) is 21.3. The number of carboxylic acids is 1. The number of alkyl halides is 3. The first kappa shape index (κ1) is 21.1. The highest BCUT2D eigenvalue weighted by Crippen LogP contribution is 2.42. The van der Waals surface area contributed by atoms with Gasteiger partial charge < -0.3 is 14.6 Å². The molecular formula is C20H13Cl2F3O4. The Morgan fingerprint density at radius 3 is 2.07 bits per heavy atom. The molecule has 0 aliphatic rings. The van der Waals surface area contributed by atoms with Crippen molar-refractivity contribution >= 4 is 39.9 Å². The molecule has 0 spiro atoms. The Hall–Kier alpha value is -2.64. The third-order valence-electron chi connectivity index (χ3n) is 3.99. The van der Waals surface area contributed by atoms with Crippen molar-refractivity contribution in [3.63, 3.8) is 0 Å². The van der Waals surface area contributed by atoms with Gasteiger partial charge in [0.15, 0.2) is 11.9 Å². The van der Waals surface area contributed by atoms with E-state index in [-0.39, 0.29) is 21.5 Å². The number of hydrogen-bond donors (Lipinski definition) is 1. The van der Waals surface area contributed by atoms with Crippen LogP contribution < -0.4 is 9.47 Å². The van der Waals surface area contributed by atoms with Gasteiger partial charge in [-0.3, -0.25) is 0 Å². The van der Waals surface area contributed by atoms with Crippen molar-refractivity contribution in [2.45, 2.75) is 19.2 Å². The van der Waals surface area contributed by atoms with Crippen LogP contribution in [0, 0.1) is 0 Å². The second-order valence-corrected chi connectivity index (χ2v) is 6.95. The molecule has 3 aromatic rings. The van der Waals surface area contributed by atoms with Crippen LogP contribution in [0.15, 0.2) is 48.5 Å². The first-order chi connectivity index (χ1) is 13.5. The summed E-state index contributed by atoms with van der Waals surface area (Å²) in [4.78, 5) is 10.9. The normalized spacial score (nSPS) is 12.6. The number of carboxylic acid groups (broad SMARTS) is 1. The van der Waals surface area contributed by atoms with Crippen LogP contribution in [0.5, 0.6) is 17.2 Å². The Morgan fingerprint density at radius 2 is 1.52 bits per heavy atom. The highest BCUT2D eigenvalue weighted by atomic mass is 35.5. The van der Waals surface area contributed by atoms with Gasteiger partial charge in [-0.25, -0.2) is 4.79 Å². The second-order valence-electron chi connectivity index (χ2n) is 6.14. The molecule has 0 unspecified atom stereocenters. The van der Waals surface area contributed by atoms with E-state index in [1.165, 1.54) is 6.92 Å². The van der Waals surface area contributed by atoms with Gasteiger partial charge in [0.25, 0.3) is 0 Å². The van der Waals surface area contributed by atoms with Crippen molar-refractivity contribution in [3.8, 4) is 17.2 Å². The molecule has 0 saturated heterocycles. The largest absolute Gasteiger partial charge is 0.479 e. The Kier molecular flexibility index (Phi) is 5.82. The number of hydrogen-bond acceptors (Lipinski definition) is 3. The molecule has 0 bridgehead atoms. The van der Waals surface area contributed by atoms with E-state index in [1.807, 2.05) is 0 Å². The van der Waals surface area contributed by atoms with E-state index in [4.69, 9.17) is 37.8 Å². The van der Waals surface area contributed by atoms with Crippen LogP contribution >= 0.6 is 23.2 Å². The number of carbonyl (C=O) groups is 1. The van der Waals surface area contributed by atoms with Crippen molar-refractivity contribution in [1.82, 2.24) is 0 Å². The Labute approximate surface area is 173 Å². The first-order valence-electron chi connectivity index (χ1n) is 8.22. The van der Waals surface area contributed by atoms with E-state index in [0.29, 0.717) is 11.1 Å². The lowest BCUT2D eigenvalue weighted by molar-refractivity contribution is -0.144. The molecule has 1 atom stereocenters. The molecule has 152 valence electrons. The van der Waals surface area contributed by atoms with Gasteiger partial charge in [0.1, 0.15) is 11.5 Å². The zero-order valence-corrected chi connectivity index (χ0v) is 16.3. The van der Waals surface area contributed by atoms with Gasteiger partial charge in [0.2, 0.25) is 0 Å². The van der Waals surface area contributed by atoms with E-state index >= 15 is 0 Å². The number of ether oxygens (including phenoxy) is 2. The molecular weight excluding hydrogens is 432 g/mol. The minimum atomic E-state index is -4.59. The average Bonchev–Trinajstić information content (AvgIpc) is 2.63. The molecule has 3 aromatic carbocycles. The molecule has 9 heteroatoms. The van der Waals surface area contributed by atoms with E-state index in [9.17, 15) is 18.0 Å². The van der Waals surface area contributed by atoms with Gasteiger partial charge in [-0.15, -0.1) is 0 Å². The molecule has 0 heterocycles. The molecule has 0 aromatic heterocycles. The summed E-state index contributed by atoms with van der Waals surface area (Å²) in [5.74, 6) is -0.582. The van der Waals surface area contributed by atoms with Crippen molar-refractivity contribution in [1.29, 1.82) is 0 Å². The second kappa shape index (κ2) is 8.00. The van der Waals surface area contributed by atoms with Gasteiger partial charge in [-0.1, -0.05) is 35.3 Å². The topological polar surface area (TPSA) is 55.8 Å². The average molecular weight is 445 g/mol. The number of aliphatic carboxylic acids is 1. The van der Waals surface area contributed by atoms with Crippen LogP contribution in [0.2, 0.25) is 10.0 Å². The number of fused-ring (bicyclic) bond motifs is 1. The van der Waals surface area contributed by atoms with Crippen LogP contribution in [0.1, 0.15) is 12.5 Å². The number of rotatable bonds is 5. The fourth-order valence-electron chi connectivity index (χ4n) is 2.53. The molecule has 0 amide bonds. The highest BCUT2D eigenvalue weighted by Gasteiger charge is 2.32. The summed E-state index contributed by atoms with van der Waals surface area (Å²) < 4.78 is 49.5. The van der Waals surface area contributed by atoms with Crippen LogP contribution in [0.25, 0.3) is 10.8 Å². The van der Waals surface area contributed by atoms with Crippen molar-refractivity contribution < 1.29 is 32.5 Å². The predicted molar refractivity (Wildman–Crippen MR) is 103 cm³/mol. The molecule has 29 heavy (non-hydrogen) atoms. The highest BCUT2D eigenvalue weighted by molar-refractivity contribution is 6.37. The van der Waals surface area contributed by atoms with E-state index in [1.54, 1.807) is 36.4 Å². The van der Waals surface area contributed by atoms with Crippen molar-refractivity contribution in [2.24, 2.45) is 0 Å². The SMILES string of the molecule is C[C@@H](Oc1ccc2ccc(Oc3c(Cl)cc(C(F)(F)F)cc3Cl)cc2c1)C(=O)O. The van der Waals surface area contributed by atoms with Crippen LogP contribution in [0.3, 0.4) is 0 Å². The van der Waals surface area contributed by atoms with Gasteiger partial charge >= 0.3 is 12.1 Å². The quantitative estimate of drug-likeness (QED) is 0.469. The maximum atomic E-state index is 12.9. The molecule has 0 aliphatic carbocycles. The van der Waals surface area contributed by atoms with Gasteiger partial charge in [-0.2, -0.15) is 13.2 Å². The summed E-state index contributed by atoms with van der Waals surface area (Å²) in [7, 11) is 0. The number of benzene rings is 3. The maximum Gasteiger partial charge on any atom is 0.416 e. The zero-order valence-electron chi connectivity index (χ0n) is 14.8. The smallest absolute Gasteiger partial charge is 0.416 e. The summed E-state index contributed by atoms with van der Waals surface area (Å²) in [6.07, 6.45) is -5.62. The van der Waals surface area contributed by atoms with Crippen LogP contribution in [-0.4, -0.2) is 17.2 Å². The fraction of sp³-hybridized carbons (Fsp3) is 0.150. The number of halogens is 5. The van der Waals surface area contributed by atoms with Crippen molar-refractivity contribution in [3.05, 3.63) is 64.1 Å². The lowest BCUT2D eigenvalue weighted by Crippen LogP contribution is -2.22. The Bertz CT molecular complexity index is 1060. The fourth-order valence-corrected chi connectivity index (χ4v) is 3.10. The molecule has 0 aliphatic heterocycles. The predicted octanol–water partition coefficient (Wildman–Crippen LogP) is 6.81. The van der Waals surface area contributed by atoms with E-state index < -0.39 is 23.8 Å². The first-order valence-corrected chi connectivity index (χ1v) is 8.97.